The van der Waals surface area contributed by atoms with Crippen molar-refractivity contribution in [2.75, 3.05) is 6.67 Å². The molecule has 0 unspecified atom stereocenters. The topological polar surface area (TPSA) is 81.5 Å². The van der Waals surface area contributed by atoms with Crippen LogP contribution in [0.15, 0.2) is 24.3 Å². The number of rotatable bonds is 6. The quantitative estimate of drug-likeness (QED) is 0.496. The van der Waals surface area contributed by atoms with Gasteiger partial charge in [-0.3, -0.25) is 19.8 Å². The normalized spacial score (nSPS) is 10.9. The Morgan fingerprint density at radius 2 is 1.95 bits per heavy atom. The Kier molecular flexibility index (Phi) is 5.30. The van der Waals surface area contributed by atoms with Crippen LogP contribution in [0.2, 0.25) is 0 Å². The molecule has 0 fully saturated rings. The average molecular weight is 292 g/mol. The number of non-ortho nitro benzene ring substituents is 1. The molecule has 0 aliphatic rings. The number of alkyl halides is 3. The van der Waals surface area contributed by atoms with Gasteiger partial charge in [0.05, 0.1) is 11.6 Å². The molecule has 6 nitrogen and oxygen atoms in total. The fourth-order valence-corrected chi connectivity index (χ4v) is 1.27. The van der Waals surface area contributed by atoms with Crippen LogP contribution < -0.4 is 10.1 Å². The van der Waals surface area contributed by atoms with E-state index in [2.05, 4.69) is 4.74 Å². The van der Waals surface area contributed by atoms with E-state index in [4.69, 9.17) is 0 Å². The number of hydrogen-bond donors (Lipinski definition) is 1. The van der Waals surface area contributed by atoms with E-state index < -0.39 is 36.6 Å². The third-order valence-corrected chi connectivity index (χ3v) is 2.17. The molecule has 1 rings (SSSR count). The Labute approximate surface area is 111 Å². The van der Waals surface area contributed by atoms with Crippen LogP contribution in [-0.4, -0.2) is 23.7 Å². The van der Waals surface area contributed by atoms with Crippen molar-refractivity contribution in [3.8, 4) is 5.75 Å². The monoisotopic (exact) mass is 292 g/mol. The van der Waals surface area contributed by atoms with Crippen molar-refractivity contribution in [3.63, 3.8) is 0 Å². The molecule has 0 bridgehead atoms. The number of hydrogen-bond acceptors (Lipinski definition) is 4. The van der Waals surface area contributed by atoms with Gasteiger partial charge in [0.2, 0.25) is 0 Å². The zero-order chi connectivity index (χ0) is 15.2. The van der Waals surface area contributed by atoms with Crippen LogP contribution in [0.1, 0.15) is 12.8 Å². The largest absolute Gasteiger partial charge is 0.417 e. The first-order chi connectivity index (χ1) is 9.34. The number of halogens is 3. The molecule has 9 heteroatoms. The van der Waals surface area contributed by atoms with Gasteiger partial charge in [0.25, 0.3) is 5.69 Å². The first-order valence-electron chi connectivity index (χ1n) is 5.52. The van der Waals surface area contributed by atoms with Gasteiger partial charge in [0, 0.05) is 18.6 Å². The Morgan fingerprint density at radius 3 is 2.45 bits per heavy atom. The van der Waals surface area contributed by atoms with Crippen LogP contribution >= 0.6 is 0 Å². The summed E-state index contributed by atoms with van der Waals surface area (Å²) in [6, 6.07) is 0.729. The molecule has 0 radical (unpaired) electrons. The molecule has 0 aromatic heterocycles. The summed E-state index contributed by atoms with van der Waals surface area (Å²) in [7, 11) is 0. The standard InChI is InChI=1S/C11H11F3N2O4/c12-7-1-6-11(13,14)15-10(17)20-9-4-2-8(3-5-9)16(18)19/h2-5H,1,6-7H2,(H,15,17). The first-order valence-corrected chi connectivity index (χ1v) is 5.52. The van der Waals surface area contributed by atoms with Crippen molar-refractivity contribution in [2.24, 2.45) is 0 Å². The van der Waals surface area contributed by atoms with Crippen LogP contribution in [0, 0.1) is 10.1 Å². The molecule has 0 aliphatic carbocycles. The van der Waals surface area contributed by atoms with Crippen molar-refractivity contribution in [2.45, 2.75) is 18.9 Å². The highest BCUT2D eigenvalue weighted by Gasteiger charge is 2.31. The molecule has 0 saturated heterocycles. The summed E-state index contributed by atoms with van der Waals surface area (Å²) in [4.78, 5) is 20.9. The number of nitro groups is 1. The Hall–Kier alpha value is -2.32. The minimum atomic E-state index is -3.58. The summed E-state index contributed by atoms with van der Waals surface area (Å²) < 4.78 is 42.4. The highest BCUT2D eigenvalue weighted by atomic mass is 19.3. The van der Waals surface area contributed by atoms with Gasteiger partial charge in [0.15, 0.2) is 0 Å². The highest BCUT2D eigenvalue weighted by Crippen LogP contribution is 2.19. The van der Waals surface area contributed by atoms with Crippen molar-refractivity contribution in [1.82, 2.24) is 5.32 Å². The molecule has 1 amide bonds. The lowest BCUT2D eigenvalue weighted by molar-refractivity contribution is -0.384. The molecule has 0 atom stereocenters. The Morgan fingerprint density at radius 1 is 1.35 bits per heavy atom. The van der Waals surface area contributed by atoms with Gasteiger partial charge < -0.3 is 4.74 Å². The summed E-state index contributed by atoms with van der Waals surface area (Å²) in [5.74, 6) is -0.130. The second-order valence-corrected chi connectivity index (χ2v) is 3.76. The molecule has 1 aromatic carbocycles. The molecule has 0 spiro atoms. The summed E-state index contributed by atoms with van der Waals surface area (Å²) in [6.45, 7) is -0.922. The second-order valence-electron chi connectivity index (χ2n) is 3.76. The number of carbonyl (C=O) groups excluding carboxylic acids is 1. The van der Waals surface area contributed by atoms with Crippen molar-refractivity contribution in [3.05, 3.63) is 34.4 Å². The third kappa shape index (κ3) is 5.12. The summed E-state index contributed by atoms with van der Waals surface area (Å²) >= 11 is 0. The van der Waals surface area contributed by atoms with Gasteiger partial charge in [-0.15, -0.1) is 0 Å². The molecule has 1 N–H and O–H groups in total. The number of ether oxygens (including phenoxy) is 1. The molecule has 20 heavy (non-hydrogen) atoms. The lowest BCUT2D eigenvalue weighted by Crippen LogP contribution is -2.42. The summed E-state index contributed by atoms with van der Waals surface area (Å²) in [5.41, 5.74) is -0.231. The van der Waals surface area contributed by atoms with Gasteiger partial charge in [-0.05, 0) is 18.6 Å². The fraction of sp³-hybridized carbons (Fsp3) is 0.364. The van der Waals surface area contributed by atoms with Crippen LogP contribution in [0.3, 0.4) is 0 Å². The minimum Gasteiger partial charge on any atom is -0.410 e. The van der Waals surface area contributed by atoms with Crippen LogP contribution in [0.4, 0.5) is 23.7 Å². The zero-order valence-electron chi connectivity index (χ0n) is 10.1. The van der Waals surface area contributed by atoms with Crippen LogP contribution in [0.25, 0.3) is 0 Å². The summed E-state index contributed by atoms with van der Waals surface area (Å²) in [5, 5.41) is 11.7. The van der Waals surface area contributed by atoms with Crippen molar-refractivity contribution >= 4 is 11.8 Å². The lowest BCUT2D eigenvalue weighted by Gasteiger charge is -2.16. The third-order valence-electron chi connectivity index (χ3n) is 2.17. The fourth-order valence-electron chi connectivity index (χ4n) is 1.27. The predicted octanol–water partition coefficient (Wildman–Crippen LogP) is 3.03. The number of carbonyl (C=O) groups is 1. The molecule has 0 aliphatic heterocycles. The van der Waals surface area contributed by atoms with Crippen LogP contribution in [-0.2, 0) is 0 Å². The van der Waals surface area contributed by atoms with Gasteiger partial charge >= 0.3 is 12.1 Å². The number of nitro benzene ring substituents is 1. The lowest BCUT2D eigenvalue weighted by atomic mass is 10.3. The highest BCUT2D eigenvalue weighted by molar-refractivity contribution is 5.70. The number of nitrogens with one attached hydrogen (secondary N) is 1. The minimum absolute atomic E-state index is 0.130. The van der Waals surface area contributed by atoms with E-state index in [1.165, 1.54) is 5.32 Å². The SMILES string of the molecule is O=C(NC(F)(F)CCCF)Oc1ccc([N+](=O)[O-])cc1. The van der Waals surface area contributed by atoms with E-state index in [1.807, 2.05) is 0 Å². The maximum Gasteiger partial charge on any atom is 0.417 e. The van der Waals surface area contributed by atoms with Crippen LogP contribution in [0.5, 0.6) is 5.75 Å². The number of amides is 1. The number of benzene rings is 1. The molecular weight excluding hydrogens is 281 g/mol. The average Bonchev–Trinajstić information content (AvgIpc) is 2.36. The Bertz CT molecular complexity index is 479. The smallest absolute Gasteiger partial charge is 0.410 e. The van der Waals surface area contributed by atoms with E-state index >= 15 is 0 Å². The summed E-state index contributed by atoms with van der Waals surface area (Å²) in [6.07, 6.45) is -2.67. The van der Waals surface area contributed by atoms with E-state index in [0.29, 0.717) is 0 Å². The van der Waals surface area contributed by atoms with Gasteiger partial charge in [-0.2, -0.15) is 8.78 Å². The maximum absolute atomic E-state index is 13.1. The molecule has 0 saturated carbocycles. The Balaban J connectivity index is 2.55. The van der Waals surface area contributed by atoms with Crippen molar-refractivity contribution in [1.29, 1.82) is 0 Å². The molecule has 110 valence electrons. The first kappa shape index (κ1) is 15.7. The van der Waals surface area contributed by atoms with Gasteiger partial charge in [-0.1, -0.05) is 0 Å². The maximum atomic E-state index is 13.1. The molecule has 0 heterocycles. The van der Waals surface area contributed by atoms with E-state index in [-0.39, 0.29) is 11.4 Å². The van der Waals surface area contributed by atoms with E-state index in [1.54, 1.807) is 0 Å². The van der Waals surface area contributed by atoms with Crippen molar-refractivity contribution < 1.29 is 27.6 Å². The predicted molar refractivity (Wildman–Crippen MR) is 62.4 cm³/mol. The molecular formula is C11H11F3N2O4. The molecule has 1 aromatic rings. The van der Waals surface area contributed by atoms with Gasteiger partial charge in [0.1, 0.15) is 5.75 Å². The van der Waals surface area contributed by atoms with Gasteiger partial charge in [-0.25, -0.2) is 4.79 Å². The second kappa shape index (κ2) is 6.73. The zero-order valence-corrected chi connectivity index (χ0v) is 10.1. The van der Waals surface area contributed by atoms with E-state index in [0.717, 1.165) is 24.3 Å². The van der Waals surface area contributed by atoms with E-state index in [9.17, 15) is 28.1 Å². The number of nitrogens with zero attached hydrogens (tertiary/aromatic N) is 1.